The van der Waals surface area contributed by atoms with Gasteiger partial charge >= 0.3 is 6.18 Å². The number of ether oxygens (including phenoxy) is 1. The van der Waals surface area contributed by atoms with E-state index in [4.69, 9.17) is 4.74 Å². The van der Waals surface area contributed by atoms with Gasteiger partial charge in [-0.2, -0.15) is 13.2 Å². The molecule has 1 aliphatic heterocycles. The smallest absolute Gasteiger partial charge is 0.401 e. The SMILES string of the molecule is CN(CC(=O)c1ccc2c(c1)CCO2)CC(F)(F)F. The Morgan fingerprint density at radius 1 is 1.42 bits per heavy atom. The number of carbonyl (C=O) groups excluding carboxylic acids is 1. The van der Waals surface area contributed by atoms with Gasteiger partial charge < -0.3 is 4.74 Å². The number of fused-ring (bicyclic) bond motifs is 1. The molecule has 0 spiro atoms. The van der Waals surface area contributed by atoms with Crippen molar-refractivity contribution in [1.29, 1.82) is 0 Å². The summed E-state index contributed by atoms with van der Waals surface area (Å²) in [5.41, 5.74) is 1.36. The van der Waals surface area contributed by atoms with Gasteiger partial charge in [0, 0.05) is 12.0 Å². The molecular formula is C13H14F3NO2. The number of nitrogens with zero attached hydrogens (tertiary/aromatic N) is 1. The van der Waals surface area contributed by atoms with Gasteiger partial charge in [-0.05, 0) is 30.8 Å². The van der Waals surface area contributed by atoms with Crippen LogP contribution in [-0.4, -0.2) is 43.6 Å². The van der Waals surface area contributed by atoms with E-state index < -0.39 is 12.7 Å². The standard InChI is InChI=1S/C13H14F3NO2/c1-17(8-13(14,15)16)7-11(18)9-2-3-12-10(6-9)4-5-19-12/h2-3,6H,4-5,7-8H2,1H3. The number of hydrogen-bond acceptors (Lipinski definition) is 3. The van der Waals surface area contributed by atoms with Crippen LogP contribution in [-0.2, 0) is 6.42 Å². The molecule has 1 heterocycles. The second-order valence-corrected chi connectivity index (χ2v) is 4.63. The van der Waals surface area contributed by atoms with Crippen LogP contribution >= 0.6 is 0 Å². The zero-order valence-electron chi connectivity index (χ0n) is 10.5. The Balaban J connectivity index is 2.00. The van der Waals surface area contributed by atoms with E-state index in [1.165, 1.54) is 7.05 Å². The lowest BCUT2D eigenvalue weighted by atomic mass is 10.1. The van der Waals surface area contributed by atoms with E-state index in [0.29, 0.717) is 12.2 Å². The topological polar surface area (TPSA) is 29.5 Å². The van der Waals surface area contributed by atoms with Gasteiger partial charge in [0.1, 0.15) is 5.75 Å². The Labute approximate surface area is 109 Å². The van der Waals surface area contributed by atoms with Crippen molar-refractivity contribution in [3.8, 4) is 5.75 Å². The largest absolute Gasteiger partial charge is 0.493 e. The highest BCUT2D eigenvalue weighted by Gasteiger charge is 2.30. The highest BCUT2D eigenvalue weighted by Crippen LogP contribution is 2.26. The highest BCUT2D eigenvalue weighted by atomic mass is 19.4. The molecule has 1 aromatic carbocycles. The Morgan fingerprint density at radius 2 is 2.16 bits per heavy atom. The van der Waals surface area contributed by atoms with Crippen LogP contribution in [0.1, 0.15) is 15.9 Å². The van der Waals surface area contributed by atoms with Gasteiger partial charge in [0.2, 0.25) is 0 Å². The fourth-order valence-corrected chi connectivity index (χ4v) is 2.06. The van der Waals surface area contributed by atoms with Gasteiger partial charge in [0.25, 0.3) is 0 Å². The fourth-order valence-electron chi connectivity index (χ4n) is 2.06. The molecule has 2 rings (SSSR count). The first-order valence-electron chi connectivity index (χ1n) is 5.89. The first kappa shape index (κ1) is 13.9. The molecule has 0 amide bonds. The predicted molar refractivity (Wildman–Crippen MR) is 63.5 cm³/mol. The second-order valence-electron chi connectivity index (χ2n) is 4.63. The maximum Gasteiger partial charge on any atom is 0.401 e. The van der Waals surface area contributed by atoms with Gasteiger partial charge in [0.15, 0.2) is 5.78 Å². The monoisotopic (exact) mass is 273 g/mol. The summed E-state index contributed by atoms with van der Waals surface area (Å²) in [4.78, 5) is 12.9. The number of carbonyl (C=O) groups is 1. The molecular weight excluding hydrogens is 259 g/mol. The minimum Gasteiger partial charge on any atom is -0.493 e. The zero-order chi connectivity index (χ0) is 14.0. The first-order valence-corrected chi connectivity index (χ1v) is 5.89. The van der Waals surface area contributed by atoms with Crippen molar-refractivity contribution < 1.29 is 22.7 Å². The molecule has 0 aliphatic carbocycles. The summed E-state index contributed by atoms with van der Waals surface area (Å²) >= 11 is 0. The lowest BCUT2D eigenvalue weighted by Gasteiger charge is -2.17. The third kappa shape index (κ3) is 3.70. The average molecular weight is 273 g/mol. The quantitative estimate of drug-likeness (QED) is 0.788. The number of hydrogen-bond donors (Lipinski definition) is 0. The number of ketones is 1. The number of Topliss-reactive ketones (excluding diaryl/α,β-unsaturated/α-hetero) is 1. The van der Waals surface area contributed by atoms with Crippen LogP contribution in [0.5, 0.6) is 5.75 Å². The van der Waals surface area contributed by atoms with Crippen LogP contribution in [0.15, 0.2) is 18.2 Å². The third-order valence-corrected chi connectivity index (χ3v) is 2.87. The predicted octanol–water partition coefficient (Wildman–Crippen LogP) is 2.30. The van der Waals surface area contributed by atoms with Crippen molar-refractivity contribution in [3.05, 3.63) is 29.3 Å². The van der Waals surface area contributed by atoms with Gasteiger partial charge in [-0.1, -0.05) is 0 Å². The molecule has 3 nitrogen and oxygen atoms in total. The lowest BCUT2D eigenvalue weighted by Crippen LogP contribution is -2.34. The molecule has 19 heavy (non-hydrogen) atoms. The van der Waals surface area contributed by atoms with Gasteiger partial charge in [-0.3, -0.25) is 9.69 Å². The minimum absolute atomic E-state index is 0.251. The number of benzene rings is 1. The number of likely N-dealkylation sites (N-methyl/N-ethyl adjacent to an activating group) is 1. The molecule has 0 unspecified atom stereocenters. The van der Waals surface area contributed by atoms with Crippen LogP contribution < -0.4 is 4.74 Å². The van der Waals surface area contributed by atoms with Crippen LogP contribution in [0.25, 0.3) is 0 Å². The van der Waals surface area contributed by atoms with E-state index >= 15 is 0 Å². The van der Waals surface area contributed by atoms with E-state index in [-0.39, 0.29) is 12.3 Å². The van der Waals surface area contributed by atoms with Gasteiger partial charge in [-0.25, -0.2) is 0 Å². The molecule has 6 heteroatoms. The summed E-state index contributed by atoms with van der Waals surface area (Å²) in [6, 6.07) is 4.99. The van der Waals surface area contributed by atoms with Crippen molar-refractivity contribution in [2.45, 2.75) is 12.6 Å². The maximum absolute atomic E-state index is 12.2. The van der Waals surface area contributed by atoms with E-state index in [9.17, 15) is 18.0 Å². The Kier molecular flexibility index (Phi) is 3.80. The molecule has 1 aliphatic rings. The molecule has 0 N–H and O–H groups in total. The van der Waals surface area contributed by atoms with Crippen LogP contribution in [0.4, 0.5) is 13.2 Å². The third-order valence-electron chi connectivity index (χ3n) is 2.87. The van der Waals surface area contributed by atoms with Crippen LogP contribution in [0.3, 0.4) is 0 Å². The zero-order valence-corrected chi connectivity index (χ0v) is 10.5. The molecule has 0 atom stereocenters. The lowest BCUT2D eigenvalue weighted by molar-refractivity contribution is -0.141. The van der Waals surface area contributed by atoms with E-state index in [1.54, 1.807) is 18.2 Å². The summed E-state index contributed by atoms with van der Waals surface area (Å²) in [5, 5.41) is 0. The highest BCUT2D eigenvalue weighted by molar-refractivity contribution is 5.98. The average Bonchev–Trinajstić information content (AvgIpc) is 2.72. The van der Waals surface area contributed by atoms with Crippen molar-refractivity contribution in [2.75, 3.05) is 26.7 Å². The van der Waals surface area contributed by atoms with E-state index in [2.05, 4.69) is 0 Å². The number of alkyl halides is 3. The summed E-state index contributed by atoms with van der Waals surface area (Å²) in [6.07, 6.45) is -3.56. The molecule has 104 valence electrons. The van der Waals surface area contributed by atoms with Crippen molar-refractivity contribution in [1.82, 2.24) is 4.90 Å². The summed E-state index contributed by atoms with van der Waals surface area (Å²) in [6.45, 7) is -0.757. The van der Waals surface area contributed by atoms with Crippen LogP contribution in [0.2, 0.25) is 0 Å². The Morgan fingerprint density at radius 3 is 2.84 bits per heavy atom. The van der Waals surface area contributed by atoms with Gasteiger partial charge in [0.05, 0.1) is 19.7 Å². The van der Waals surface area contributed by atoms with Crippen molar-refractivity contribution >= 4 is 5.78 Å². The second kappa shape index (κ2) is 5.21. The summed E-state index contributed by atoms with van der Waals surface area (Å²) < 4.78 is 41.8. The maximum atomic E-state index is 12.2. The molecule has 0 fully saturated rings. The Hall–Kier alpha value is -1.56. The number of halogens is 3. The van der Waals surface area contributed by atoms with Crippen molar-refractivity contribution in [3.63, 3.8) is 0 Å². The summed E-state index contributed by atoms with van der Waals surface area (Å²) in [5.74, 6) is 0.432. The first-order chi connectivity index (χ1) is 8.85. The minimum atomic E-state index is -4.29. The number of rotatable bonds is 4. The van der Waals surface area contributed by atoms with E-state index in [0.717, 1.165) is 22.6 Å². The normalized spacial score (nSPS) is 14.4. The molecule has 0 aromatic heterocycles. The van der Waals surface area contributed by atoms with Crippen molar-refractivity contribution in [2.24, 2.45) is 0 Å². The van der Waals surface area contributed by atoms with E-state index in [1.807, 2.05) is 0 Å². The summed E-state index contributed by atoms with van der Waals surface area (Å²) in [7, 11) is 1.28. The Bertz CT molecular complexity index is 485. The molecule has 0 saturated carbocycles. The van der Waals surface area contributed by atoms with Crippen LogP contribution in [0, 0.1) is 0 Å². The fraction of sp³-hybridized carbons (Fsp3) is 0.462. The molecule has 1 aromatic rings. The molecule has 0 saturated heterocycles. The molecule has 0 bridgehead atoms. The molecule has 0 radical (unpaired) electrons. The van der Waals surface area contributed by atoms with Gasteiger partial charge in [-0.15, -0.1) is 0 Å².